The summed E-state index contributed by atoms with van der Waals surface area (Å²) in [6, 6.07) is -0.0735. The second-order valence-corrected chi connectivity index (χ2v) is 5.10. The molecule has 20 heavy (non-hydrogen) atoms. The summed E-state index contributed by atoms with van der Waals surface area (Å²) in [4.78, 5) is 26.1. The minimum Gasteiger partial charge on any atom is -0.481 e. The number of aliphatic hydroxyl groups excluding tert-OH is 1. The molecular weight excluding hydrogens is 260 g/mol. The molecule has 1 fully saturated rings. The second kappa shape index (κ2) is 8.58. The van der Waals surface area contributed by atoms with E-state index in [2.05, 4.69) is 6.58 Å². The number of rotatable bonds is 7. The van der Waals surface area contributed by atoms with Gasteiger partial charge in [-0.25, -0.2) is 4.79 Å². The number of aliphatic carboxylic acids is 1. The van der Waals surface area contributed by atoms with Crippen LogP contribution < -0.4 is 0 Å². The van der Waals surface area contributed by atoms with E-state index in [-0.39, 0.29) is 19.1 Å². The third kappa shape index (κ3) is 5.21. The molecule has 0 radical (unpaired) electrons. The molecule has 6 heteroatoms. The predicted molar refractivity (Wildman–Crippen MR) is 75.4 cm³/mol. The van der Waals surface area contributed by atoms with E-state index in [0.717, 1.165) is 12.8 Å². The van der Waals surface area contributed by atoms with Crippen molar-refractivity contribution in [2.45, 2.75) is 25.7 Å². The lowest BCUT2D eigenvalue weighted by Crippen LogP contribution is -2.47. The standard InChI is InChI=1S/C14H24N2O4/c1-2-7-15(10-11-17)14(20)16-8-5-12(6-9-16)3-4-13(18)19/h2,12,17H,1,3-11H2,(H,18,19). The lowest BCUT2D eigenvalue weighted by atomic mass is 9.92. The summed E-state index contributed by atoms with van der Waals surface area (Å²) in [5.74, 6) is -0.371. The molecule has 0 aliphatic carbocycles. The summed E-state index contributed by atoms with van der Waals surface area (Å²) in [6.07, 6.45) is 4.23. The Kier molecular flexibility index (Phi) is 7.08. The first-order chi connectivity index (χ1) is 9.58. The summed E-state index contributed by atoms with van der Waals surface area (Å²) in [5.41, 5.74) is 0. The highest BCUT2D eigenvalue weighted by atomic mass is 16.4. The molecule has 6 nitrogen and oxygen atoms in total. The Balaban J connectivity index is 2.40. The first-order valence-electron chi connectivity index (χ1n) is 7.06. The quantitative estimate of drug-likeness (QED) is 0.687. The van der Waals surface area contributed by atoms with Gasteiger partial charge >= 0.3 is 12.0 Å². The van der Waals surface area contributed by atoms with Gasteiger partial charge < -0.3 is 20.0 Å². The molecule has 114 valence electrons. The molecule has 2 N–H and O–H groups in total. The van der Waals surface area contributed by atoms with Gasteiger partial charge in [0.2, 0.25) is 0 Å². The molecule has 1 rings (SSSR count). The largest absolute Gasteiger partial charge is 0.481 e. The number of aliphatic hydroxyl groups is 1. The first-order valence-corrected chi connectivity index (χ1v) is 7.06. The van der Waals surface area contributed by atoms with Crippen molar-refractivity contribution in [3.8, 4) is 0 Å². The van der Waals surface area contributed by atoms with Gasteiger partial charge in [0, 0.05) is 32.6 Å². The van der Waals surface area contributed by atoms with Gasteiger partial charge in [-0.3, -0.25) is 4.79 Å². The van der Waals surface area contributed by atoms with E-state index in [1.807, 2.05) is 0 Å². The Morgan fingerprint density at radius 2 is 2.00 bits per heavy atom. The van der Waals surface area contributed by atoms with Gasteiger partial charge in [-0.15, -0.1) is 6.58 Å². The number of piperidine rings is 1. The summed E-state index contributed by atoms with van der Waals surface area (Å²) in [6.45, 7) is 5.60. The third-order valence-electron chi connectivity index (χ3n) is 3.64. The number of carbonyl (C=O) groups is 2. The van der Waals surface area contributed by atoms with Crippen LogP contribution in [0.25, 0.3) is 0 Å². The smallest absolute Gasteiger partial charge is 0.320 e. The Hall–Kier alpha value is -1.56. The molecule has 2 amide bonds. The Labute approximate surface area is 119 Å². The second-order valence-electron chi connectivity index (χ2n) is 5.10. The number of carboxylic acid groups (broad SMARTS) is 1. The maximum absolute atomic E-state index is 12.2. The molecule has 0 aromatic rings. The summed E-state index contributed by atoms with van der Waals surface area (Å²) in [7, 11) is 0. The molecule has 0 bridgehead atoms. The van der Waals surface area contributed by atoms with E-state index in [0.29, 0.717) is 38.5 Å². The Morgan fingerprint density at radius 1 is 1.35 bits per heavy atom. The molecule has 0 saturated carbocycles. The molecule has 0 atom stereocenters. The Bertz CT molecular complexity index is 338. The van der Waals surface area contributed by atoms with Crippen LogP contribution >= 0.6 is 0 Å². The zero-order valence-corrected chi connectivity index (χ0v) is 11.8. The van der Waals surface area contributed by atoms with Crippen LogP contribution in [0.5, 0.6) is 0 Å². The number of hydrogen-bond donors (Lipinski definition) is 2. The Morgan fingerprint density at radius 3 is 2.50 bits per heavy atom. The van der Waals surface area contributed by atoms with Gasteiger partial charge in [0.05, 0.1) is 6.61 Å². The van der Waals surface area contributed by atoms with Crippen molar-refractivity contribution in [1.82, 2.24) is 9.80 Å². The van der Waals surface area contributed by atoms with E-state index in [1.54, 1.807) is 15.9 Å². The van der Waals surface area contributed by atoms with Crippen molar-refractivity contribution in [3.05, 3.63) is 12.7 Å². The number of carboxylic acids is 1. The molecule has 1 aliphatic rings. The van der Waals surface area contributed by atoms with Gasteiger partial charge in [0.25, 0.3) is 0 Å². The monoisotopic (exact) mass is 284 g/mol. The van der Waals surface area contributed by atoms with Crippen molar-refractivity contribution in [3.63, 3.8) is 0 Å². The molecule has 1 heterocycles. The normalized spacial score (nSPS) is 15.9. The van der Waals surface area contributed by atoms with Crippen LogP contribution in [0.2, 0.25) is 0 Å². The van der Waals surface area contributed by atoms with Crippen LogP contribution in [-0.2, 0) is 4.79 Å². The van der Waals surface area contributed by atoms with Crippen LogP contribution in [0.1, 0.15) is 25.7 Å². The molecule has 0 aromatic heterocycles. The van der Waals surface area contributed by atoms with E-state index >= 15 is 0 Å². The molecule has 1 aliphatic heterocycles. The number of carbonyl (C=O) groups excluding carboxylic acids is 1. The van der Waals surface area contributed by atoms with Gasteiger partial charge in [-0.1, -0.05) is 6.08 Å². The topological polar surface area (TPSA) is 81.1 Å². The number of amides is 2. The molecule has 0 spiro atoms. The van der Waals surface area contributed by atoms with E-state index in [4.69, 9.17) is 10.2 Å². The number of likely N-dealkylation sites (tertiary alicyclic amines) is 1. The molecule has 1 saturated heterocycles. The summed E-state index contributed by atoms with van der Waals surface area (Å²) in [5, 5.41) is 17.6. The van der Waals surface area contributed by atoms with Crippen molar-refractivity contribution in [1.29, 1.82) is 0 Å². The molecular formula is C14H24N2O4. The third-order valence-corrected chi connectivity index (χ3v) is 3.64. The lowest BCUT2D eigenvalue weighted by molar-refractivity contribution is -0.137. The van der Waals surface area contributed by atoms with Crippen LogP contribution in [0.15, 0.2) is 12.7 Å². The average molecular weight is 284 g/mol. The van der Waals surface area contributed by atoms with Crippen molar-refractivity contribution >= 4 is 12.0 Å². The van der Waals surface area contributed by atoms with Gasteiger partial charge in [0.15, 0.2) is 0 Å². The van der Waals surface area contributed by atoms with Crippen LogP contribution in [0, 0.1) is 5.92 Å². The van der Waals surface area contributed by atoms with Gasteiger partial charge in [-0.2, -0.15) is 0 Å². The highest BCUT2D eigenvalue weighted by Crippen LogP contribution is 2.22. The van der Waals surface area contributed by atoms with Gasteiger partial charge in [0.1, 0.15) is 0 Å². The van der Waals surface area contributed by atoms with Crippen LogP contribution in [-0.4, -0.2) is 64.8 Å². The van der Waals surface area contributed by atoms with Crippen LogP contribution in [0.3, 0.4) is 0 Å². The fourth-order valence-corrected chi connectivity index (χ4v) is 2.48. The van der Waals surface area contributed by atoms with E-state index in [9.17, 15) is 9.59 Å². The van der Waals surface area contributed by atoms with Crippen molar-refractivity contribution in [2.75, 3.05) is 32.8 Å². The van der Waals surface area contributed by atoms with Crippen molar-refractivity contribution < 1.29 is 19.8 Å². The molecule has 0 aromatic carbocycles. The SMILES string of the molecule is C=CCN(CCO)C(=O)N1CCC(CCC(=O)O)CC1. The number of hydrogen-bond acceptors (Lipinski definition) is 3. The number of urea groups is 1. The minimum absolute atomic E-state index is 0.0609. The minimum atomic E-state index is -0.761. The first kappa shape index (κ1) is 16.5. The van der Waals surface area contributed by atoms with Gasteiger partial charge in [-0.05, 0) is 25.2 Å². The maximum Gasteiger partial charge on any atom is 0.320 e. The van der Waals surface area contributed by atoms with Crippen LogP contribution in [0.4, 0.5) is 4.79 Å². The molecule has 0 unspecified atom stereocenters. The zero-order valence-electron chi connectivity index (χ0n) is 11.8. The lowest BCUT2D eigenvalue weighted by Gasteiger charge is -2.35. The van der Waals surface area contributed by atoms with Crippen molar-refractivity contribution in [2.24, 2.45) is 5.92 Å². The summed E-state index contributed by atoms with van der Waals surface area (Å²) < 4.78 is 0. The maximum atomic E-state index is 12.2. The highest BCUT2D eigenvalue weighted by molar-refractivity contribution is 5.74. The number of nitrogens with zero attached hydrogens (tertiary/aromatic N) is 2. The van der Waals surface area contributed by atoms with E-state index < -0.39 is 5.97 Å². The fourth-order valence-electron chi connectivity index (χ4n) is 2.48. The zero-order chi connectivity index (χ0) is 15.0. The summed E-state index contributed by atoms with van der Waals surface area (Å²) >= 11 is 0. The van der Waals surface area contributed by atoms with E-state index in [1.165, 1.54) is 0 Å². The highest BCUT2D eigenvalue weighted by Gasteiger charge is 2.25. The predicted octanol–water partition coefficient (Wildman–Crippen LogP) is 1.16. The fraction of sp³-hybridized carbons (Fsp3) is 0.714. The average Bonchev–Trinajstić information content (AvgIpc) is 2.44.